The third-order valence-corrected chi connectivity index (χ3v) is 5.24. The molecule has 2 aromatic rings. The lowest BCUT2D eigenvalue weighted by atomic mass is 9.98. The maximum absolute atomic E-state index is 12.9. The first-order valence-electron chi connectivity index (χ1n) is 9.13. The van der Waals surface area contributed by atoms with E-state index in [0.29, 0.717) is 41.1 Å². The number of rotatable bonds is 4. The lowest BCUT2D eigenvalue weighted by Gasteiger charge is -2.33. The van der Waals surface area contributed by atoms with E-state index < -0.39 is 6.10 Å². The summed E-state index contributed by atoms with van der Waals surface area (Å²) in [5.74, 6) is -0.363. The molecule has 2 heterocycles. The largest absolute Gasteiger partial charge is 0.497 e. The zero-order valence-corrected chi connectivity index (χ0v) is 15.4. The summed E-state index contributed by atoms with van der Waals surface area (Å²) in [6.45, 7) is 0.381. The fourth-order valence-corrected chi connectivity index (χ4v) is 3.74. The fraction of sp³-hybridized carbons (Fsp3) is 0.286. The Morgan fingerprint density at radius 1 is 1.14 bits per heavy atom. The van der Waals surface area contributed by atoms with Gasteiger partial charge in [-0.05, 0) is 24.6 Å². The van der Waals surface area contributed by atoms with Crippen molar-refractivity contribution in [3.63, 3.8) is 0 Å². The number of aliphatic hydroxyl groups excluding tert-OH is 1. The molecule has 0 bridgehead atoms. The van der Waals surface area contributed by atoms with Crippen molar-refractivity contribution in [1.29, 1.82) is 0 Å². The molecular weight excluding hydrogens is 360 g/mol. The van der Waals surface area contributed by atoms with Crippen LogP contribution in [0.4, 0.5) is 5.69 Å². The summed E-state index contributed by atoms with van der Waals surface area (Å²) >= 11 is 0. The normalized spacial score (nSPS) is 18.1. The van der Waals surface area contributed by atoms with Gasteiger partial charge in [-0.3, -0.25) is 19.3 Å². The van der Waals surface area contributed by atoms with Crippen molar-refractivity contribution in [2.45, 2.75) is 18.9 Å². The van der Waals surface area contributed by atoms with Gasteiger partial charge in [0.2, 0.25) is 5.91 Å². The van der Waals surface area contributed by atoms with E-state index in [9.17, 15) is 19.5 Å². The molecule has 0 spiro atoms. The first-order valence-corrected chi connectivity index (χ1v) is 9.13. The molecule has 2 aromatic carbocycles. The molecule has 2 aliphatic rings. The number of hydrogen-bond donors (Lipinski definition) is 1. The van der Waals surface area contributed by atoms with Crippen LogP contribution in [0.25, 0.3) is 0 Å². The van der Waals surface area contributed by atoms with Gasteiger partial charge in [0.05, 0.1) is 30.0 Å². The van der Waals surface area contributed by atoms with Gasteiger partial charge in [-0.2, -0.15) is 0 Å². The number of methoxy groups -OCH3 is 1. The summed E-state index contributed by atoms with van der Waals surface area (Å²) in [5, 5.41) is 10.2. The van der Waals surface area contributed by atoms with Crippen molar-refractivity contribution in [3.8, 4) is 5.75 Å². The first kappa shape index (κ1) is 18.2. The fourth-order valence-electron chi connectivity index (χ4n) is 3.74. The average molecular weight is 380 g/mol. The van der Waals surface area contributed by atoms with Crippen LogP contribution in [0.5, 0.6) is 5.75 Å². The van der Waals surface area contributed by atoms with E-state index in [-0.39, 0.29) is 30.7 Å². The summed E-state index contributed by atoms with van der Waals surface area (Å²) in [6, 6.07) is 11.9. The zero-order chi connectivity index (χ0) is 19.8. The summed E-state index contributed by atoms with van der Waals surface area (Å²) in [6.07, 6.45) is -0.197. The van der Waals surface area contributed by atoms with Crippen LogP contribution in [-0.4, -0.2) is 47.9 Å². The Hall–Kier alpha value is -3.19. The van der Waals surface area contributed by atoms with E-state index in [1.54, 1.807) is 47.4 Å². The smallest absolute Gasteiger partial charge is 0.261 e. The molecule has 0 saturated carbocycles. The Labute approximate surface area is 162 Å². The van der Waals surface area contributed by atoms with Gasteiger partial charge in [0.1, 0.15) is 5.75 Å². The van der Waals surface area contributed by atoms with Crippen LogP contribution in [0.2, 0.25) is 0 Å². The Bertz CT molecular complexity index is 936. The van der Waals surface area contributed by atoms with E-state index in [2.05, 4.69) is 0 Å². The number of benzene rings is 2. The van der Waals surface area contributed by atoms with E-state index in [4.69, 9.17) is 4.74 Å². The molecule has 144 valence electrons. The van der Waals surface area contributed by atoms with Gasteiger partial charge >= 0.3 is 0 Å². The summed E-state index contributed by atoms with van der Waals surface area (Å²) in [5.41, 5.74) is 2.01. The SMILES string of the molecule is COc1ccc2c(c1)N(C(=O)CCN1C(=O)c3ccccc3C1=O)CCC2O. The Morgan fingerprint density at radius 3 is 2.46 bits per heavy atom. The van der Waals surface area contributed by atoms with Gasteiger partial charge in [-0.25, -0.2) is 0 Å². The molecule has 3 amide bonds. The maximum Gasteiger partial charge on any atom is 0.261 e. The number of amides is 3. The second-order valence-corrected chi connectivity index (χ2v) is 6.83. The molecule has 1 unspecified atom stereocenters. The molecule has 7 heteroatoms. The number of anilines is 1. The highest BCUT2D eigenvalue weighted by molar-refractivity contribution is 6.21. The summed E-state index contributed by atoms with van der Waals surface area (Å²) in [7, 11) is 1.54. The van der Waals surface area contributed by atoms with Crippen LogP contribution < -0.4 is 9.64 Å². The van der Waals surface area contributed by atoms with Crippen LogP contribution in [0.15, 0.2) is 42.5 Å². The van der Waals surface area contributed by atoms with E-state index >= 15 is 0 Å². The maximum atomic E-state index is 12.9. The number of fused-ring (bicyclic) bond motifs is 2. The van der Waals surface area contributed by atoms with Crippen molar-refractivity contribution in [2.24, 2.45) is 0 Å². The molecule has 4 rings (SSSR count). The quantitative estimate of drug-likeness (QED) is 0.822. The second-order valence-electron chi connectivity index (χ2n) is 6.83. The minimum absolute atomic E-state index is 0.0121. The van der Waals surface area contributed by atoms with Crippen molar-refractivity contribution in [3.05, 3.63) is 59.2 Å². The highest BCUT2D eigenvalue weighted by Gasteiger charge is 2.36. The Balaban J connectivity index is 1.51. The standard InChI is InChI=1S/C21H20N2O5/c1-28-13-6-7-16-17(12-13)22(10-8-18(16)24)19(25)9-11-23-20(26)14-4-2-3-5-15(14)21(23)27/h2-7,12,18,24H,8-11H2,1H3. The molecule has 0 fully saturated rings. The minimum Gasteiger partial charge on any atom is -0.497 e. The zero-order valence-electron chi connectivity index (χ0n) is 15.4. The van der Waals surface area contributed by atoms with Crippen LogP contribution in [0.1, 0.15) is 45.2 Å². The number of imide groups is 1. The number of nitrogens with zero attached hydrogens (tertiary/aromatic N) is 2. The van der Waals surface area contributed by atoms with Crippen molar-refractivity contribution in [2.75, 3.05) is 25.1 Å². The topological polar surface area (TPSA) is 87.2 Å². The van der Waals surface area contributed by atoms with Gasteiger partial charge < -0.3 is 14.7 Å². The van der Waals surface area contributed by atoms with Gasteiger partial charge in [-0.15, -0.1) is 0 Å². The lowest BCUT2D eigenvalue weighted by molar-refractivity contribution is -0.118. The van der Waals surface area contributed by atoms with E-state index in [1.165, 1.54) is 7.11 Å². The highest BCUT2D eigenvalue weighted by atomic mass is 16.5. The second kappa shape index (κ2) is 7.09. The first-order chi connectivity index (χ1) is 13.5. The molecule has 1 N–H and O–H groups in total. The van der Waals surface area contributed by atoms with Crippen LogP contribution in [0, 0.1) is 0 Å². The Morgan fingerprint density at radius 2 is 1.82 bits per heavy atom. The van der Waals surface area contributed by atoms with Crippen molar-refractivity contribution in [1.82, 2.24) is 4.90 Å². The minimum atomic E-state index is -0.638. The number of hydrogen-bond acceptors (Lipinski definition) is 5. The third-order valence-electron chi connectivity index (χ3n) is 5.24. The van der Waals surface area contributed by atoms with E-state index in [0.717, 1.165) is 4.90 Å². The molecule has 0 aromatic heterocycles. The number of aliphatic hydroxyl groups is 1. The molecular formula is C21H20N2O5. The van der Waals surface area contributed by atoms with Crippen LogP contribution in [0.3, 0.4) is 0 Å². The molecule has 0 saturated heterocycles. The number of carbonyl (C=O) groups is 3. The van der Waals surface area contributed by atoms with Crippen molar-refractivity contribution < 1.29 is 24.2 Å². The van der Waals surface area contributed by atoms with Crippen molar-refractivity contribution >= 4 is 23.4 Å². The molecule has 0 aliphatic carbocycles. The molecule has 1 atom stereocenters. The highest BCUT2D eigenvalue weighted by Crippen LogP contribution is 2.36. The lowest BCUT2D eigenvalue weighted by Crippen LogP contribution is -2.39. The predicted molar refractivity (Wildman–Crippen MR) is 101 cm³/mol. The predicted octanol–water partition coefficient (Wildman–Crippen LogP) is 2.15. The van der Waals surface area contributed by atoms with Gasteiger partial charge in [0, 0.05) is 31.1 Å². The van der Waals surface area contributed by atoms with Crippen LogP contribution in [-0.2, 0) is 4.79 Å². The monoisotopic (exact) mass is 380 g/mol. The number of carbonyl (C=O) groups excluding carboxylic acids is 3. The number of ether oxygens (including phenoxy) is 1. The van der Waals surface area contributed by atoms with Gasteiger partial charge in [-0.1, -0.05) is 18.2 Å². The van der Waals surface area contributed by atoms with Crippen LogP contribution >= 0.6 is 0 Å². The Kier molecular flexibility index (Phi) is 4.60. The summed E-state index contributed by atoms with van der Waals surface area (Å²) < 4.78 is 5.23. The molecule has 28 heavy (non-hydrogen) atoms. The average Bonchev–Trinajstić information content (AvgIpc) is 2.96. The molecule has 2 aliphatic heterocycles. The van der Waals surface area contributed by atoms with E-state index in [1.807, 2.05) is 0 Å². The summed E-state index contributed by atoms with van der Waals surface area (Å²) in [4.78, 5) is 40.5. The molecule has 0 radical (unpaired) electrons. The third kappa shape index (κ3) is 2.93. The van der Waals surface area contributed by atoms with Gasteiger partial charge in [0.15, 0.2) is 0 Å². The van der Waals surface area contributed by atoms with Gasteiger partial charge in [0.25, 0.3) is 11.8 Å². The molecule has 7 nitrogen and oxygen atoms in total.